The summed E-state index contributed by atoms with van der Waals surface area (Å²) >= 11 is 0. The molecule has 0 unspecified atom stereocenters. The number of aromatic carboxylic acids is 1. The molecule has 0 aliphatic carbocycles. The van der Waals surface area contributed by atoms with Gasteiger partial charge in [0.25, 0.3) is 0 Å². The minimum atomic E-state index is -1.20. The van der Waals surface area contributed by atoms with Crippen molar-refractivity contribution in [2.45, 2.75) is 25.3 Å². The van der Waals surface area contributed by atoms with E-state index in [1.807, 2.05) is 0 Å². The van der Waals surface area contributed by atoms with Crippen LogP contribution in [0.2, 0.25) is 0 Å². The van der Waals surface area contributed by atoms with Crippen LogP contribution in [-0.2, 0) is 4.79 Å². The van der Waals surface area contributed by atoms with Crippen molar-refractivity contribution in [3.8, 4) is 0 Å². The van der Waals surface area contributed by atoms with Gasteiger partial charge in [0, 0.05) is 0 Å². The predicted octanol–water partition coefficient (Wildman–Crippen LogP) is 1.60. The lowest BCUT2D eigenvalue weighted by atomic mass is 10.0. The Morgan fingerprint density at radius 2 is 2.16 bits per heavy atom. The number of benzene rings is 1. The number of amides is 1. The standard InChI is InChI=1S/C13H15FN2O3/c14-9-7-8(13(18)19)4-5-10(9)16-12(17)11-3-1-2-6-15-11/h4-5,7,11,15H,1-3,6H2,(H,16,17)(H,18,19)/t11-/m0/s1. The van der Waals surface area contributed by atoms with Crippen molar-refractivity contribution in [3.63, 3.8) is 0 Å². The van der Waals surface area contributed by atoms with E-state index in [4.69, 9.17) is 5.11 Å². The number of carboxylic acid groups (broad SMARTS) is 1. The van der Waals surface area contributed by atoms with Crippen LogP contribution in [0.3, 0.4) is 0 Å². The highest BCUT2D eigenvalue weighted by Gasteiger charge is 2.21. The number of nitrogens with one attached hydrogen (secondary N) is 2. The molecule has 3 N–H and O–H groups in total. The molecule has 0 aromatic heterocycles. The Kier molecular flexibility index (Phi) is 4.11. The summed E-state index contributed by atoms with van der Waals surface area (Å²) < 4.78 is 13.6. The van der Waals surface area contributed by atoms with Crippen molar-refractivity contribution in [2.24, 2.45) is 0 Å². The van der Waals surface area contributed by atoms with Crippen LogP contribution in [0, 0.1) is 5.82 Å². The first-order valence-electron chi connectivity index (χ1n) is 6.15. The summed E-state index contributed by atoms with van der Waals surface area (Å²) in [7, 11) is 0. The van der Waals surface area contributed by atoms with Crippen molar-refractivity contribution < 1.29 is 19.1 Å². The highest BCUT2D eigenvalue weighted by molar-refractivity contribution is 5.95. The van der Waals surface area contributed by atoms with Crippen molar-refractivity contribution in [1.29, 1.82) is 0 Å². The number of carboxylic acids is 1. The molecule has 1 fully saturated rings. The first kappa shape index (κ1) is 13.5. The van der Waals surface area contributed by atoms with Crippen molar-refractivity contribution in [3.05, 3.63) is 29.6 Å². The molecule has 1 aliphatic rings. The van der Waals surface area contributed by atoms with E-state index in [-0.39, 0.29) is 23.2 Å². The smallest absolute Gasteiger partial charge is 0.335 e. The Bertz CT molecular complexity index is 499. The monoisotopic (exact) mass is 266 g/mol. The van der Waals surface area contributed by atoms with Crippen LogP contribution < -0.4 is 10.6 Å². The van der Waals surface area contributed by atoms with Crippen molar-refractivity contribution in [1.82, 2.24) is 5.32 Å². The van der Waals surface area contributed by atoms with Crippen molar-refractivity contribution in [2.75, 3.05) is 11.9 Å². The summed E-state index contributed by atoms with van der Waals surface area (Å²) in [5.74, 6) is -2.24. The molecular weight excluding hydrogens is 251 g/mol. The molecule has 5 nitrogen and oxygen atoms in total. The van der Waals surface area contributed by atoms with Crippen LogP contribution in [0.25, 0.3) is 0 Å². The Labute approximate surface area is 109 Å². The molecule has 0 saturated carbocycles. The zero-order valence-corrected chi connectivity index (χ0v) is 10.3. The maximum Gasteiger partial charge on any atom is 0.335 e. The summed E-state index contributed by atoms with van der Waals surface area (Å²) in [6.07, 6.45) is 2.72. The average molecular weight is 266 g/mol. The molecule has 0 radical (unpaired) electrons. The fourth-order valence-corrected chi connectivity index (χ4v) is 2.04. The molecule has 1 aromatic carbocycles. The number of hydrogen-bond donors (Lipinski definition) is 3. The lowest BCUT2D eigenvalue weighted by Gasteiger charge is -2.22. The number of anilines is 1. The van der Waals surface area contributed by atoms with E-state index in [0.717, 1.165) is 31.9 Å². The summed E-state index contributed by atoms with van der Waals surface area (Å²) in [6.45, 7) is 0.776. The minimum Gasteiger partial charge on any atom is -0.478 e. The highest BCUT2D eigenvalue weighted by atomic mass is 19.1. The lowest BCUT2D eigenvalue weighted by Crippen LogP contribution is -2.43. The van der Waals surface area contributed by atoms with Crippen LogP contribution in [0.1, 0.15) is 29.6 Å². The van der Waals surface area contributed by atoms with Gasteiger partial charge in [-0.1, -0.05) is 6.42 Å². The van der Waals surface area contributed by atoms with E-state index in [2.05, 4.69) is 10.6 Å². The fourth-order valence-electron chi connectivity index (χ4n) is 2.04. The molecular formula is C13H15FN2O3. The van der Waals surface area contributed by atoms with E-state index in [0.29, 0.717) is 0 Å². The Hall–Kier alpha value is -1.95. The quantitative estimate of drug-likeness (QED) is 0.776. The molecule has 1 atom stereocenters. The molecule has 1 aliphatic heterocycles. The third-order valence-corrected chi connectivity index (χ3v) is 3.10. The zero-order valence-electron chi connectivity index (χ0n) is 10.3. The molecule has 1 amide bonds. The molecule has 0 bridgehead atoms. The second-order valence-electron chi connectivity index (χ2n) is 4.49. The number of halogens is 1. The largest absolute Gasteiger partial charge is 0.478 e. The molecule has 19 heavy (non-hydrogen) atoms. The van der Waals surface area contributed by atoms with Crippen molar-refractivity contribution >= 4 is 17.6 Å². The third-order valence-electron chi connectivity index (χ3n) is 3.10. The second-order valence-corrected chi connectivity index (χ2v) is 4.49. The summed E-state index contributed by atoms with van der Waals surface area (Å²) in [6, 6.07) is 3.11. The highest BCUT2D eigenvalue weighted by Crippen LogP contribution is 2.17. The maximum absolute atomic E-state index is 13.6. The summed E-state index contributed by atoms with van der Waals surface area (Å²) in [5, 5.41) is 14.3. The molecule has 1 aromatic rings. The van der Waals surface area contributed by atoms with Gasteiger partial charge >= 0.3 is 5.97 Å². The SMILES string of the molecule is O=C(O)c1ccc(NC(=O)[C@@H]2CCCCN2)c(F)c1. The van der Waals surface area contributed by atoms with E-state index in [1.165, 1.54) is 12.1 Å². The lowest BCUT2D eigenvalue weighted by molar-refractivity contribution is -0.118. The summed E-state index contributed by atoms with van der Waals surface area (Å²) in [4.78, 5) is 22.6. The molecule has 1 saturated heterocycles. The normalized spacial score (nSPS) is 18.9. The number of piperidine rings is 1. The number of hydrogen-bond acceptors (Lipinski definition) is 3. The first-order chi connectivity index (χ1) is 9.08. The van der Waals surface area contributed by atoms with Gasteiger partial charge in [-0.05, 0) is 37.6 Å². The topological polar surface area (TPSA) is 78.4 Å². The third kappa shape index (κ3) is 3.29. The van der Waals surface area contributed by atoms with Crippen LogP contribution in [0.15, 0.2) is 18.2 Å². The van der Waals surface area contributed by atoms with Gasteiger partial charge in [0.2, 0.25) is 5.91 Å². The molecule has 2 rings (SSSR count). The van der Waals surface area contributed by atoms with Gasteiger partial charge in [0.15, 0.2) is 0 Å². The molecule has 1 heterocycles. The molecule has 0 spiro atoms. The minimum absolute atomic E-state index is 0.00220. The fraction of sp³-hybridized carbons (Fsp3) is 0.385. The maximum atomic E-state index is 13.6. The number of carbonyl (C=O) groups is 2. The van der Waals surface area contributed by atoms with Gasteiger partial charge in [-0.3, -0.25) is 4.79 Å². The number of carbonyl (C=O) groups excluding carboxylic acids is 1. The number of rotatable bonds is 3. The molecule has 102 valence electrons. The Balaban J connectivity index is 2.06. The van der Waals surface area contributed by atoms with Crippen LogP contribution in [-0.4, -0.2) is 29.6 Å². The van der Waals surface area contributed by atoms with E-state index < -0.39 is 11.8 Å². The van der Waals surface area contributed by atoms with Crippen LogP contribution >= 0.6 is 0 Å². The Morgan fingerprint density at radius 3 is 2.74 bits per heavy atom. The van der Waals surface area contributed by atoms with E-state index in [1.54, 1.807) is 0 Å². The van der Waals surface area contributed by atoms with Crippen LogP contribution in [0.4, 0.5) is 10.1 Å². The first-order valence-corrected chi connectivity index (χ1v) is 6.15. The van der Waals surface area contributed by atoms with Crippen LogP contribution in [0.5, 0.6) is 0 Å². The zero-order chi connectivity index (χ0) is 13.8. The van der Waals surface area contributed by atoms with E-state index >= 15 is 0 Å². The van der Waals surface area contributed by atoms with Gasteiger partial charge in [0.1, 0.15) is 5.82 Å². The molecule has 6 heteroatoms. The Morgan fingerprint density at radius 1 is 1.37 bits per heavy atom. The van der Waals surface area contributed by atoms with Gasteiger partial charge < -0.3 is 15.7 Å². The van der Waals surface area contributed by atoms with Gasteiger partial charge in [-0.25, -0.2) is 9.18 Å². The van der Waals surface area contributed by atoms with Gasteiger partial charge in [-0.2, -0.15) is 0 Å². The van der Waals surface area contributed by atoms with Gasteiger partial charge in [0.05, 0.1) is 17.3 Å². The van der Waals surface area contributed by atoms with E-state index in [9.17, 15) is 14.0 Å². The average Bonchev–Trinajstić information content (AvgIpc) is 2.41. The summed E-state index contributed by atoms with van der Waals surface area (Å²) in [5.41, 5.74) is -0.145. The second kappa shape index (κ2) is 5.79. The predicted molar refractivity (Wildman–Crippen MR) is 67.6 cm³/mol. The van der Waals surface area contributed by atoms with Gasteiger partial charge in [-0.15, -0.1) is 0 Å².